The molecule has 3 aliphatic carbocycles. The van der Waals surface area contributed by atoms with Crippen LogP contribution in [0.5, 0.6) is 17.2 Å². The lowest BCUT2D eigenvalue weighted by atomic mass is 9.98. The second-order valence-electron chi connectivity index (χ2n) is 14.3. The Hall–Kier alpha value is -3.67. The molecule has 6 nitrogen and oxygen atoms in total. The zero-order chi connectivity index (χ0) is 38.0. The smallest absolute Gasteiger partial charge is 0.416 e. The maximum Gasteiger partial charge on any atom is 0.416 e. The van der Waals surface area contributed by atoms with Crippen LogP contribution in [0.4, 0.5) is 13.2 Å². The zero-order valence-corrected chi connectivity index (χ0v) is 32.1. The second-order valence-corrected chi connectivity index (χ2v) is 17.7. The van der Waals surface area contributed by atoms with Crippen LogP contribution in [0.25, 0.3) is 0 Å². The van der Waals surface area contributed by atoms with Crippen molar-refractivity contribution in [2.24, 2.45) is 0 Å². The normalized spacial score (nSPS) is 17.7. The van der Waals surface area contributed by atoms with E-state index in [1.165, 1.54) is 111 Å². The summed E-state index contributed by atoms with van der Waals surface area (Å²) in [5, 5.41) is 0. The van der Waals surface area contributed by atoms with E-state index >= 15 is 0 Å². The van der Waals surface area contributed by atoms with Gasteiger partial charge in [-0.25, -0.2) is 8.42 Å². The van der Waals surface area contributed by atoms with Crippen molar-refractivity contribution < 1.29 is 40.4 Å². The molecular formula is C43H49F3O6S2. The predicted molar refractivity (Wildman–Crippen MR) is 203 cm³/mol. The summed E-state index contributed by atoms with van der Waals surface area (Å²) in [7, 11) is -4.91. The van der Waals surface area contributed by atoms with Gasteiger partial charge in [-0.3, -0.25) is 0 Å². The Bertz CT molecular complexity index is 1680. The first kappa shape index (κ1) is 40.0. The van der Waals surface area contributed by atoms with E-state index in [0.29, 0.717) is 42.6 Å². The van der Waals surface area contributed by atoms with E-state index in [0.717, 1.165) is 17.2 Å². The van der Waals surface area contributed by atoms with Crippen molar-refractivity contribution in [2.45, 2.75) is 140 Å². The average Bonchev–Trinajstić information content (AvgIpc) is 3.18. The van der Waals surface area contributed by atoms with E-state index < -0.39 is 26.8 Å². The van der Waals surface area contributed by atoms with Crippen LogP contribution >= 0.6 is 0 Å². The number of rotatable bonds is 10. The van der Waals surface area contributed by atoms with Gasteiger partial charge < -0.3 is 18.8 Å². The number of hydrogen-bond acceptors (Lipinski definition) is 6. The number of ether oxygens (including phenoxy) is 3. The molecule has 0 amide bonds. The Morgan fingerprint density at radius 3 is 1.04 bits per heavy atom. The summed E-state index contributed by atoms with van der Waals surface area (Å²) in [5.74, 6) is 2.98. The van der Waals surface area contributed by atoms with Gasteiger partial charge in [-0.1, -0.05) is 19.3 Å². The van der Waals surface area contributed by atoms with Crippen LogP contribution in [0.1, 0.15) is 102 Å². The molecule has 0 aliphatic heterocycles. The first-order valence-electron chi connectivity index (χ1n) is 19.2. The molecule has 0 N–H and O–H groups in total. The van der Waals surface area contributed by atoms with Crippen molar-refractivity contribution in [1.82, 2.24) is 0 Å². The molecule has 0 aromatic heterocycles. The summed E-state index contributed by atoms with van der Waals surface area (Å²) < 4.78 is 86.1. The third kappa shape index (κ3) is 11.7. The van der Waals surface area contributed by atoms with Crippen LogP contribution in [0.15, 0.2) is 117 Å². The molecule has 0 atom stereocenters. The van der Waals surface area contributed by atoms with Gasteiger partial charge in [0.15, 0.2) is 14.7 Å². The summed E-state index contributed by atoms with van der Waals surface area (Å²) in [4.78, 5) is 3.24. The Morgan fingerprint density at radius 1 is 0.481 bits per heavy atom. The highest BCUT2D eigenvalue weighted by Gasteiger charge is 2.31. The van der Waals surface area contributed by atoms with Gasteiger partial charge in [-0.2, -0.15) is 13.2 Å². The van der Waals surface area contributed by atoms with E-state index in [9.17, 15) is 26.1 Å². The predicted octanol–water partition coefficient (Wildman–Crippen LogP) is 11.5. The second kappa shape index (κ2) is 18.8. The van der Waals surface area contributed by atoms with E-state index in [1.54, 1.807) is 0 Å². The Balaban J connectivity index is 0.000000300. The van der Waals surface area contributed by atoms with E-state index in [1.807, 2.05) is 0 Å². The minimum absolute atomic E-state index is 0.226. The van der Waals surface area contributed by atoms with Crippen LogP contribution in [0.2, 0.25) is 0 Å². The zero-order valence-electron chi connectivity index (χ0n) is 30.5. The molecule has 54 heavy (non-hydrogen) atoms. The molecule has 4 aromatic carbocycles. The molecule has 3 fully saturated rings. The van der Waals surface area contributed by atoms with Crippen molar-refractivity contribution in [3.63, 3.8) is 0 Å². The van der Waals surface area contributed by atoms with Crippen LogP contribution in [-0.4, -0.2) is 31.3 Å². The van der Waals surface area contributed by atoms with Crippen molar-refractivity contribution in [1.29, 1.82) is 0 Å². The lowest BCUT2D eigenvalue weighted by molar-refractivity contribution is -0.137. The van der Waals surface area contributed by atoms with Gasteiger partial charge >= 0.3 is 6.18 Å². The Labute approximate surface area is 320 Å². The maximum atomic E-state index is 12.0. The van der Waals surface area contributed by atoms with Gasteiger partial charge in [-0.15, -0.1) is 0 Å². The summed E-state index contributed by atoms with van der Waals surface area (Å²) >= 11 is 0. The van der Waals surface area contributed by atoms with Crippen LogP contribution in [0, 0.1) is 0 Å². The average molecular weight is 783 g/mol. The molecule has 11 heteroatoms. The summed E-state index contributed by atoms with van der Waals surface area (Å²) in [6.07, 6.45) is 15.4. The van der Waals surface area contributed by atoms with Gasteiger partial charge in [0.2, 0.25) is 0 Å². The minimum Gasteiger partial charge on any atom is -0.744 e. The summed E-state index contributed by atoms with van der Waals surface area (Å²) in [6, 6.07) is 29.0. The van der Waals surface area contributed by atoms with Gasteiger partial charge in [0.25, 0.3) is 0 Å². The Morgan fingerprint density at radius 2 is 0.778 bits per heavy atom. The first-order valence-corrected chi connectivity index (χ1v) is 21.8. The van der Waals surface area contributed by atoms with Crippen molar-refractivity contribution in [3.05, 3.63) is 103 Å². The minimum atomic E-state index is -4.68. The largest absolute Gasteiger partial charge is 0.744 e. The van der Waals surface area contributed by atoms with Crippen molar-refractivity contribution in [3.8, 4) is 17.2 Å². The topological polar surface area (TPSA) is 84.9 Å². The molecular weight excluding hydrogens is 734 g/mol. The van der Waals surface area contributed by atoms with Gasteiger partial charge in [0.05, 0.1) is 39.7 Å². The third-order valence-corrected chi connectivity index (χ3v) is 13.3. The molecule has 0 heterocycles. The van der Waals surface area contributed by atoms with E-state index in [2.05, 4.69) is 72.8 Å². The van der Waals surface area contributed by atoms with Gasteiger partial charge in [-0.05, 0) is 174 Å². The highest BCUT2D eigenvalue weighted by Crippen LogP contribution is 2.36. The molecule has 0 spiro atoms. The highest BCUT2D eigenvalue weighted by molar-refractivity contribution is 7.97. The molecule has 0 bridgehead atoms. The maximum absolute atomic E-state index is 12.0. The lowest BCUT2D eigenvalue weighted by Crippen LogP contribution is -2.19. The Kier molecular flexibility index (Phi) is 13.9. The third-order valence-electron chi connectivity index (χ3n) is 10.2. The molecule has 3 aliphatic rings. The summed E-state index contributed by atoms with van der Waals surface area (Å²) in [5.41, 5.74) is -0.995. The standard InChI is InChI=1S/C36H45O3S.C7H5F3O3S/c1-4-10-28(11-5-1)37-31-16-22-34(23-17-31)40(35-24-18-32(19-25-35)38-29-12-6-2-7-13-29)36-26-20-33(21-27-36)39-30-14-8-3-9-15-30;8-7(9,10)5-1-3-6(4-2-5)14(11,12)13/h16-30H,1-15H2;1-4H,(H,11,12,13)/q+1;/p-1. The van der Waals surface area contributed by atoms with Crippen LogP contribution in [0.3, 0.4) is 0 Å². The molecule has 7 rings (SSSR count). The molecule has 0 saturated heterocycles. The number of hydrogen-bond donors (Lipinski definition) is 0. The fourth-order valence-electron chi connectivity index (χ4n) is 7.31. The lowest BCUT2D eigenvalue weighted by Gasteiger charge is -2.23. The monoisotopic (exact) mass is 782 g/mol. The molecule has 0 radical (unpaired) electrons. The number of halogens is 3. The molecule has 290 valence electrons. The fourth-order valence-corrected chi connectivity index (χ4v) is 9.82. The van der Waals surface area contributed by atoms with Crippen LogP contribution in [-0.2, 0) is 27.2 Å². The number of alkyl halides is 3. The SMILES string of the molecule is O=S(=O)([O-])c1ccc(C(F)(F)F)cc1.c1cc([S+](c2ccc(OC3CCCCC3)cc2)c2ccc(OC3CCCCC3)cc2)ccc1OC1CCCCC1. The van der Waals surface area contributed by atoms with Crippen LogP contribution < -0.4 is 14.2 Å². The molecule has 0 unspecified atom stereocenters. The summed E-state index contributed by atoms with van der Waals surface area (Å²) in [6.45, 7) is 0. The van der Waals surface area contributed by atoms with Crippen molar-refractivity contribution in [2.75, 3.05) is 0 Å². The highest BCUT2D eigenvalue weighted by atomic mass is 32.2. The molecule has 3 saturated carbocycles. The van der Waals surface area contributed by atoms with Gasteiger partial charge in [0.1, 0.15) is 27.4 Å². The fraction of sp³-hybridized carbons (Fsp3) is 0.442. The molecule has 4 aromatic rings. The number of benzene rings is 4. The van der Waals surface area contributed by atoms with Gasteiger partial charge in [0, 0.05) is 0 Å². The quantitative estimate of drug-likeness (QED) is 0.118. The van der Waals surface area contributed by atoms with E-state index in [-0.39, 0.29) is 10.9 Å². The van der Waals surface area contributed by atoms with E-state index in [4.69, 9.17) is 14.2 Å². The van der Waals surface area contributed by atoms with Crippen molar-refractivity contribution >= 4 is 21.0 Å². The first-order chi connectivity index (χ1) is 26.0.